The van der Waals surface area contributed by atoms with Gasteiger partial charge in [0.05, 0.1) is 0 Å². The summed E-state index contributed by atoms with van der Waals surface area (Å²) in [5.41, 5.74) is 8.89. The number of nitrogens with one attached hydrogen (secondary N) is 1. The lowest BCUT2D eigenvalue weighted by molar-refractivity contribution is -0.136. The van der Waals surface area contributed by atoms with Crippen molar-refractivity contribution < 1.29 is 19.1 Å². The number of likely N-dealkylation sites (tertiary alicyclic amines) is 1. The summed E-state index contributed by atoms with van der Waals surface area (Å²) < 4.78 is 5.62. The van der Waals surface area contributed by atoms with Crippen LogP contribution < -0.4 is 11.1 Å². The maximum Gasteiger partial charge on any atom is 0.255 e. The highest BCUT2D eigenvalue weighted by molar-refractivity contribution is 6.05. The molecule has 3 fully saturated rings. The normalized spacial score (nSPS) is 28.3. The lowest BCUT2D eigenvalue weighted by Crippen LogP contribution is -2.52. The van der Waals surface area contributed by atoms with Crippen LogP contribution in [-0.4, -0.2) is 65.4 Å². The molecule has 0 radical (unpaired) electrons. The van der Waals surface area contributed by atoms with Gasteiger partial charge in [-0.25, -0.2) is 0 Å². The molecule has 0 aliphatic carbocycles. The zero-order valence-corrected chi connectivity index (χ0v) is 17.8. The van der Waals surface area contributed by atoms with E-state index < -0.39 is 6.04 Å². The van der Waals surface area contributed by atoms with Crippen LogP contribution in [0, 0.1) is 5.92 Å². The van der Waals surface area contributed by atoms with Gasteiger partial charge in [0.1, 0.15) is 6.04 Å². The van der Waals surface area contributed by atoms with Gasteiger partial charge >= 0.3 is 0 Å². The Kier molecular flexibility index (Phi) is 5.32. The van der Waals surface area contributed by atoms with E-state index in [1.807, 2.05) is 12.1 Å². The van der Waals surface area contributed by atoms with Gasteiger partial charge in [-0.1, -0.05) is 12.1 Å². The second kappa shape index (κ2) is 8.00. The number of nitrogens with two attached hydrogens (primary N) is 1. The average molecular weight is 427 g/mol. The number of carbonyl (C=O) groups excluding carboxylic acids is 3. The lowest BCUT2D eigenvalue weighted by atomic mass is 9.84. The van der Waals surface area contributed by atoms with Crippen molar-refractivity contribution in [2.45, 2.75) is 56.8 Å². The molecule has 3 saturated heterocycles. The van der Waals surface area contributed by atoms with Crippen molar-refractivity contribution in [3.63, 3.8) is 0 Å². The van der Waals surface area contributed by atoms with Crippen LogP contribution in [-0.2, 0) is 27.4 Å². The Morgan fingerprint density at radius 3 is 2.74 bits per heavy atom. The summed E-state index contributed by atoms with van der Waals surface area (Å²) in [5.74, 6) is -0.259. The van der Waals surface area contributed by atoms with E-state index in [9.17, 15) is 14.4 Å². The number of rotatable bonds is 4. The van der Waals surface area contributed by atoms with Gasteiger partial charge in [0.2, 0.25) is 11.8 Å². The summed E-state index contributed by atoms with van der Waals surface area (Å²) in [6.07, 6.45) is 3.81. The van der Waals surface area contributed by atoms with Crippen LogP contribution >= 0.6 is 0 Å². The molecule has 1 aromatic carbocycles. The third-order valence-electron chi connectivity index (χ3n) is 7.54. The van der Waals surface area contributed by atoms with Gasteiger partial charge in [0, 0.05) is 50.4 Å². The van der Waals surface area contributed by atoms with Crippen molar-refractivity contribution in [1.29, 1.82) is 0 Å². The third-order valence-corrected chi connectivity index (χ3v) is 7.54. The molecule has 4 heterocycles. The first-order chi connectivity index (χ1) is 15.0. The van der Waals surface area contributed by atoms with Gasteiger partial charge in [-0.05, 0) is 55.3 Å². The Morgan fingerprint density at radius 1 is 1.19 bits per heavy atom. The molecule has 3 N–H and O–H groups in total. The smallest absolute Gasteiger partial charge is 0.255 e. The quantitative estimate of drug-likeness (QED) is 0.690. The largest absolute Gasteiger partial charge is 0.381 e. The molecule has 3 amide bonds. The maximum atomic E-state index is 13.1. The number of nitrogens with zero attached hydrogens (tertiary/aromatic N) is 2. The molecular formula is C23H30N4O4. The highest BCUT2D eigenvalue weighted by atomic mass is 16.5. The number of benzene rings is 1. The molecular weight excluding hydrogens is 396 g/mol. The molecule has 4 aliphatic heterocycles. The molecule has 2 atom stereocenters. The van der Waals surface area contributed by atoms with Gasteiger partial charge in [-0.3, -0.25) is 24.6 Å². The Bertz CT molecular complexity index is 911. The fourth-order valence-electron chi connectivity index (χ4n) is 5.82. The first-order valence-electron chi connectivity index (χ1n) is 11.3. The monoisotopic (exact) mass is 426 g/mol. The van der Waals surface area contributed by atoms with E-state index in [1.54, 1.807) is 4.90 Å². The fourth-order valence-corrected chi connectivity index (χ4v) is 5.82. The number of hydrogen-bond acceptors (Lipinski definition) is 6. The van der Waals surface area contributed by atoms with Crippen LogP contribution in [0.1, 0.15) is 53.6 Å². The van der Waals surface area contributed by atoms with Crippen LogP contribution in [0.3, 0.4) is 0 Å². The molecule has 8 nitrogen and oxygen atoms in total. The van der Waals surface area contributed by atoms with Gasteiger partial charge in [-0.15, -0.1) is 0 Å². The number of fused-ring (bicyclic) bond motifs is 1. The van der Waals surface area contributed by atoms with E-state index >= 15 is 0 Å². The lowest BCUT2D eigenvalue weighted by Gasteiger charge is -2.41. The molecule has 1 spiro atoms. The highest BCUT2D eigenvalue weighted by Gasteiger charge is 2.46. The Morgan fingerprint density at radius 2 is 2.00 bits per heavy atom. The first-order valence-corrected chi connectivity index (χ1v) is 11.3. The van der Waals surface area contributed by atoms with Crippen molar-refractivity contribution in [1.82, 2.24) is 15.1 Å². The third kappa shape index (κ3) is 3.66. The van der Waals surface area contributed by atoms with E-state index in [0.717, 1.165) is 56.7 Å². The number of amides is 3. The average Bonchev–Trinajstić information content (AvgIpc) is 3.26. The minimum atomic E-state index is -0.574. The maximum absolute atomic E-state index is 13.1. The summed E-state index contributed by atoms with van der Waals surface area (Å²) in [6.45, 7) is 4.46. The summed E-state index contributed by atoms with van der Waals surface area (Å²) in [4.78, 5) is 41.0. The number of imide groups is 1. The van der Waals surface area contributed by atoms with E-state index in [0.29, 0.717) is 31.0 Å². The molecule has 166 valence electrons. The first kappa shape index (κ1) is 20.6. The minimum absolute atomic E-state index is 0.117. The molecule has 8 heteroatoms. The topological polar surface area (TPSA) is 105 Å². The number of piperidine rings is 1. The predicted molar refractivity (Wildman–Crippen MR) is 113 cm³/mol. The molecule has 31 heavy (non-hydrogen) atoms. The van der Waals surface area contributed by atoms with Gasteiger partial charge in [0.25, 0.3) is 5.91 Å². The zero-order valence-electron chi connectivity index (χ0n) is 17.8. The Hall–Kier alpha value is -2.29. The van der Waals surface area contributed by atoms with Gasteiger partial charge in [-0.2, -0.15) is 0 Å². The second-order valence-electron chi connectivity index (χ2n) is 9.41. The molecule has 0 saturated carbocycles. The van der Waals surface area contributed by atoms with Crippen LogP contribution in [0.2, 0.25) is 0 Å². The summed E-state index contributed by atoms with van der Waals surface area (Å²) in [7, 11) is 0. The van der Waals surface area contributed by atoms with Crippen molar-refractivity contribution in [2.75, 3.05) is 26.3 Å². The van der Waals surface area contributed by atoms with Crippen LogP contribution in [0.15, 0.2) is 18.2 Å². The molecule has 4 aliphatic rings. The molecule has 2 unspecified atom stereocenters. The van der Waals surface area contributed by atoms with Crippen LogP contribution in [0.5, 0.6) is 0 Å². The summed E-state index contributed by atoms with van der Waals surface area (Å²) in [6, 6.07) is 5.53. The van der Waals surface area contributed by atoms with Crippen LogP contribution in [0.25, 0.3) is 0 Å². The van der Waals surface area contributed by atoms with Gasteiger partial charge in [0.15, 0.2) is 0 Å². The standard InChI is InChI=1S/C23H30N4O4/c24-11-16-10-23(5-7-31-8-6-23)26(13-16)12-15-1-2-17-14-27(22(30)18(17)9-15)19-3-4-20(28)25-21(19)29/h1-2,9,16,19H,3-8,10-14,24H2,(H,25,28,29). The Balaban J connectivity index is 1.34. The van der Waals surface area contributed by atoms with Crippen molar-refractivity contribution in [2.24, 2.45) is 11.7 Å². The predicted octanol–water partition coefficient (Wildman–Crippen LogP) is 0.777. The second-order valence-corrected chi connectivity index (χ2v) is 9.41. The number of hydrogen-bond donors (Lipinski definition) is 2. The van der Waals surface area contributed by atoms with Crippen molar-refractivity contribution in [3.8, 4) is 0 Å². The Labute approximate surface area is 182 Å². The minimum Gasteiger partial charge on any atom is -0.381 e. The molecule has 1 aromatic rings. The van der Waals surface area contributed by atoms with Crippen LogP contribution in [0.4, 0.5) is 0 Å². The highest BCUT2D eigenvalue weighted by Crippen LogP contribution is 2.41. The molecule has 0 aromatic heterocycles. The SMILES string of the molecule is NCC1CN(Cc2ccc3c(c2)C(=O)N(C2CCC(=O)NC2=O)C3)C2(CCOCC2)C1. The van der Waals surface area contributed by atoms with Gasteiger partial charge < -0.3 is 15.4 Å². The molecule has 0 bridgehead atoms. The van der Waals surface area contributed by atoms with E-state index in [4.69, 9.17) is 10.5 Å². The summed E-state index contributed by atoms with van der Waals surface area (Å²) in [5, 5.41) is 2.36. The fraction of sp³-hybridized carbons (Fsp3) is 0.609. The number of carbonyl (C=O) groups is 3. The molecule has 5 rings (SSSR count). The summed E-state index contributed by atoms with van der Waals surface area (Å²) >= 11 is 0. The van der Waals surface area contributed by atoms with Crippen molar-refractivity contribution in [3.05, 3.63) is 34.9 Å². The number of ether oxygens (including phenoxy) is 1. The van der Waals surface area contributed by atoms with E-state index in [1.165, 1.54) is 0 Å². The van der Waals surface area contributed by atoms with Crippen molar-refractivity contribution >= 4 is 17.7 Å². The zero-order chi connectivity index (χ0) is 21.6. The van der Waals surface area contributed by atoms with E-state index in [2.05, 4.69) is 16.3 Å². The van der Waals surface area contributed by atoms with E-state index in [-0.39, 0.29) is 29.7 Å².